The highest BCUT2D eigenvalue weighted by Gasteiger charge is 2.27. The van der Waals surface area contributed by atoms with Crippen molar-refractivity contribution in [2.24, 2.45) is 5.92 Å². The molecule has 118 valence electrons. The second-order valence-corrected chi connectivity index (χ2v) is 6.84. The highest BCUT2D eigenvalue weighted by molar-refractivity contribution is 9.09. The van der Waals surface area contributed by atoms with Gasteiger partial charge in [-0.05, 0) is 19.8 Å². The summed E-state index contributed by atoms with van der Waals surface area (Å²) >= 11 is 3.48. The number of hydrogen-bond donors (Lipinski definition) is 0. The minimum absolute atomic E-state index is 0.0313. The zero-order chi connectivity index (χ0) is 15.5. The number of rotatable bonds is 5. The van der Waals surface area contributed by atoms with Gasteiger partial charge in [0.15, 0.2) is 0 Å². The predicted octanol–water partition coefficient (Wildman–Crippen LogP) is 2.28. The second kappa shape index (κ2) is 6.92. The molecule has 2 rings (SSSR count). The van der Waals surface area contributed by atoms with Gasteiger partial charge in [-0.15, -0.1) is 0 Å². The molecule has 0 aromatic carbocycles. The van der Waals surface area contributed by atoms with E-state index in [-0.39, 0.29) is 11.2 Å². The number of anilines is 1. The summed E-state index contributed by atoms with van der Waals surface area (Å²) < 4.78 is 7.26. The molecular weight excluding hydrogens is 334 g/mol. The molecule has 21 heavy (non-hydrogen) atoms. The van der Waals surface area contributed by atoms with E-state index in [2.05, 4.69) is 46.7 Å². The molecule has 1 unspecified atom stereocenters. The predicted molar refractivity (Wildman–Crippen MR) is 88.3 cm³/mol. The van der Waals surface area contributed by atoms with Gasteiger partial charge in [0, 0.05) is 31.0 Å². The van der Waals surface area contributed by atoms with Crippen molar-refractivity contribution in [2.75, 3.05) is 29.9 Å². The lowest BCUT2D eigenvalue weighted by atomic mass is 10.1. The molecular formula is C15H24BrN3O2. The Kier molecular flexibility index (Phi) is 5.43. The van der Waals surface area contributed by atoms with Crippen molar-refractivity contribution in [1.29, 1.82) is 0 Å². The molecule has 0 saturated carbocycles. The van der Waals surface area contributed by atoms with Gasteiger partial charge in [-0.25, -0.2) is 4.68 Å². The van der Waals surface area contributed by atoms with Gasteiger partial charge >= 0.3 is 0 Å². The monoisotopic (exact) mass is 357 g/mol. The van der Waals surface area contributed by atoms with Gasteiger partial charge in [-0.1, -0.05) is 29.3 Å². The van der Waals surface area contributed by atoms with Gasteiger partial charge < -0.3 is 9.64 Å². The number of halogens is 1. The van der Waals surface area contributed by atoms with Crippen LogP contribution in [-0.4, -0.2) is 40.4 Å². The molecule has 1 atom stereocenters. The van der Waals surface area contributed by atoms with Gasteiger partial charge in [0.2, 0.25) is 0 Å². The van der Waals surface area contributed by atoms with Crippen LogP contribution < -0.4 is 10.5 Å². The molecule has 1 aliphatic heterocycles. The highest BCUT2D eigenvalue weighted by atomic mass is 79.9. The standard InChI is InChI=1S/C15H24BrN3O2/c1-4-12(8-16)10-19-14(20)7-13(9-17-19)18-5-6-21-15(2,3)11-18/h7,9,12H,4-6,8,10-11H2,1-3H3. The summed E-state index contributed by atoms with van der Waals surface area (Å²) in [5.74, 6) is 0.434. The van der Waals surface area contributed by atoms with Gasteiger partial charge in [-0.2, -0.15) is 5.10 Å². The fourth-order valence-electron chi connectivity index (χ4n) is 2.50. The molecule has 1 fully saturated rings. The third-order valence-corrected chi connectivity index (χ3v) is 4.79. The Hall–Kier alpha value is -0.880. The molecule has 1 aromatic heterocycles. The fourth-order valence-corrected chi connectivity index (χ4v) is 3.17. The van der Waals surface area contributed by atoms with Crippen molar-refractivity contribution in [3.05, 3.63) is 22.6 Å². The number of nitrogens with zero attached hydrogens (tertiary/aromatic N) is 3. The van der Waals surface area contributed by atoms with Crippen molar-refractivity contribution >= 4 is 21.6 Å². The molecule has 1 aliphatic rings. The Bertz CT molecular complexity index is 526. The smallest absolute Gasteiger partial charge is 0.268 e. The summed E-state index contributed by atoms with van der Waals surface area (Å²) in [5.41, 5.74) is 0.673. The van der Waals surface area contributed by atoms with E-state index in [0.717, 1.165) is 30.5 Å². The topological polar surface area (TPSA) is 47.4 Å². The van der Waals surface area contributed by atoms with E-state index in [1.807, 2.05) is 0 Å². The van der Waals surface area contributed by atoms with Gasteiger partial charge in [0.25, 0.3) is 5.56 Å². The molecule has 6 heteroatoms. The lowest BCUT2D eigenvalue weighted by Crippen LogP contribution is -2.48. The molecule has 0 N–H and O–H groups in total. The van der Waals surface area contributed by atoms with Crippen molar-refractivity contribution in [3.63, 3.8) is 0 Å². The fraction of sp³-hybridized carbons (Fsp3) is 0.733. The Morgan fingerprint density at radius 2 is 2.29 bits per heavy atom. The van der Waals surface area contributed by atoms with E-state index >= 15 is 0 Å². The number of morpholine rings is 1. The quantitative estimate of drug-likeness (QED) is 0.758. The first-order chi connectivity index (χ1) is 9.95. The zero-order valence-corrected chi connectivity index (χ0v) is 14.6. The number of hydrogen-bond acceptors (Lipinski definition) is 4. The maximum atomic E-state index is 12.2. The van der Waals surface area contributed by atoms with Crippen molar-refractivity contribution in [2.45, 2.75) is 39.3 Å². The van der Waals surface area contributed by atoms with E-state index in [1.165, 1.54) is 0 Å². The van der Waals surface area contributed by atoms with Gasteiger partial charge in [0.1, 0.15) is 0 Å². The summed E-state index contributed by atoms with van der Waals surface area (Å²) in [6, 6.07) is 1.69. The zero-order valence-electron chi connectivity index (χ0n) is 13.0. The Balaban J connectivity index is 2.13. The first-order valence-electron chi connectivity index (χ1n) is 7.47. The van der Waals surface area contributed by atoms with Gasteiger partial charge in [-0.3, -0.25) is 4.79 Å². The van der Waals surface area contributed by atoms with Gasteiger partial charge in [0.05, 0.1) is 24.1 Å². The van der Waals surface area contributed by atoms with E-state index < -0.39 is 0 Å². The van der Waals surface area contributed by atoms with Crippen LogP contribution in [0.1, 0.15) is 27.2 Å². The molecule has 0 aliphatic carbocycles. The van der Waals surface area contributed by atoms with Crippen LogP contribution in [0.15, 0.2) is 17.1 Å². The molecule has 0 amide bonds. The largest absolute Gasteiger partial charge is 0.372 e. The van der Waals surface area contributed by atoms with Crippen molar-refractivity contribution < 1.29 is 4.74 Å². The summed E-state index contributed by atoms with van der Waals surface area (Å²) in [6.07, 6.45) is 2.82. The van der Waals surface area contributed by atoms with Crippen LogP contribution in [0.2, 0.25) is 0 Å². The van der Waals surface area contributed by atoms with E-state index in [4.69, 9.17) is 4.74 Å². The summed E-state index contributed by atoms with van der Waals surface area (Å²) in [4.78, 5) is 14.4. The minimum atomic E-state index is -0.184. The Morgan fingerprint density at radius 1 is 1.52 bits per heavy atom. The average molecular weight is 358 g/mol. The van der Waals surface area contributed by atoms with Crippen LogP contribution in [0.4, 0.5) is 5.69 Å². The molecule has 0 bridgehead atoms. The lowest BCUT2D eigenvalue weighted by Gasteiger charge is -2.39. The molecule has 0 spiro atoms. The second-order valence-electron chi connectivity index (χ2n) is 6.19. The highest BCUT2D eigenvalue weighted by Crippen LogP contribution is 2.21. The van der Waals surface area contributed by atoms with Crippen LogP contribution in [0, 0.1) is 5.92 Å². The van der Waals surface area contributed by atoms with E-state index in [0.29, 0.717) is 19.1 Å². The van der Waals surface area contributed by atoms with Crippen LogP contribution in [0.3, 0.4) is 0 Å². The maximum absolute atomic E-state index is 12.2. The average Bonchev–Trinajstić information content (AvgIpc) is 2.45. The van der Waals surface area contributed by atoms with Crippen LogP contribution in [0.5, 0.6) is 0 Å². The van der Waals surface area contributed by atoms with Crippen molar-refractivity contribution in [3.8, 4) is 0 Å². The lowest BCUT2D eigenvalue weighted by molar-refractivity contribution is -0.0277. The number of aromatic nitrogens is 2. The normalized spacial score (nSPS) is 19.5. The summed E-state index contributed by atoms with van der Waals surface area (Å²) in [7, 11) is 0. The summed E-state index contributed by atoms with van der Waals surface area (Å²) in [6.45, 7) is 9.17. The molecule has 0 radical (unpaired) electrons. The Labute approximate surface area is 134 Å². The van der Waals surface area contributed by atoms with E-state index in [1.54, 1.807) is 16.9 Å². The maximum Gasteiger partial charge on any atom is 0.268 e. The minimum Gasteiger partial charge on any atom is -0.372 e. The van der Waals surface area contributed by atoms with E-state index in [9.17, 15) is 4.79 Å². The first kappa shape index (κ1) is 16.5. The Morgan fingerprint density at radius 3 is 2.86 bits per heavy atom. The SMILES string of the molecule is CCC(CBr)Cn1ncc(N2CCOC(C)(C)C2)cc1=O. The molecule has 1 saturated heterocycles. The van der Waals surface area contributed by atoms with Crippen LogP contribution in [-0.2, 0) is 11.3 Å². The number of ether oxygens (including phenoxy) is 1. The third-order valence-electron chi connectivity index (χ3n) is 3.87. The van der Waals surface area contributed by atoms with Crippen LogP contribution in [0.25, 0.3) is 0 Å². The molecule has 1 aromatic rings. The molecule has 5 nitrogen and oxygen atoms in total. The third kappa shape index (κ3) is 4.30. The van der Waals surface area contributed by atoms with Crippen molar-refractivity contribution in [1.82, 2.24) is 9.78 Å². The summed E-state index contributed by atoms with van der Waals surface area (Å²) in [5, 5.41) is 5.22. The molecule has 2 heterocycles. The number of alkyl halides is 1. The first-order valence-corrected chi connectivity index (χ1v) is 8.59. The van der Waals surface area contributed by atoms with Crippen LogP contribution >= 0.6 is 15.9 Å².